The highest BCUT2D eigenvalue weighted by Crippen LogP contribution is 2.17. The summed E-state index contributed by atoms with van der Waals surface area (Å²) >= 11 is 0. The Bertz CT molecular complexity index is 452. The fraction of sp³-hybridized carbons (Fsp3) is 0.600. The van der Waals surface area contributed by atoms with Crippen LogP contribution in [-0.4, -0.2) is 33.1 Å². The minimum atomic E-state index is -1.09. The molecular formula is C20H34O3. The Labute approximate surface area is 141 Å². The molecule has 0 aromatic carbocycles. The van der Waals surface area contributed by atoms with Crippen LogP contribution in [0.3, 0.4) is 0 Å². The molecule has 0 amide bonds. The van der Waals surface area contributed by atoms with Crippen molar-refractivity contribution in [3.8, 4) is 0 Å². The van der Waals surface area contributed by atoms with Crippen LogP contribution in [0.1, 0.15) is 60.3 Å². The van der Waals surface area contributed by atoms with Crippen LogP contribution >= 0.6 is 0 Å². The van der Waals surface area contributed by atoms with E-state index < -0.39 is 17.8 Å². The predicted octanol–water partition coefficient (Wildman–Crippen LogP) is 4.06. The molecule has 3 unspecified atom stereocenters. The lowest BCUT2D eigenvalue weighted by molar-refractivity contribution is 0.0573. The lowest BCUT2D eigenvalue weighted by Gasteiger charge is -2.21. The second-order valence-electron chi connectivity index (χ2n) is 6.95. The van der Waals surface area contributed by atoms with E-state index in [0.29, 0.717) is 6.42 Å². The van der Waals surface area contributed by atoms with Gasteiger partial charge in [-0.15, -0.1) is 6.58 Å². The van der Waals surface area contributed by atoms with Crippen molar-refractivity contribution in [2.45, 2.75) is 78.1 Å². The first-order chi connectivity index (χ1) is 10.6. The molecule has 0 saturated carbocycles. The normalized spacial score (nSPS) is 18.1. The van der Waals surface area contributed by atoms with E-state index >= 15 is 0 Å². The standard InChI is InChI=1S/C20H34O3/c1-7-20(6,23)14-19(22)13-17(5)12-18(21)11-16(4)10-8-9-15(2)3/h7,9,11,13,18-19,21-23H,1,8,10,12,14H2,2-6H3. The first-order valence-electron chi connectivity index (χ1n) is 8.26. The van der Waals surface area contributed by atoms with Gasteiger partial charge in [0, 0.05) is 6.42 Å². The number of rotatable bonds is 10. The van der Waals surface area contributed by atoms with Gasteiger partial charge >= 0.3 is 0 Å². The third kappa shape index (κ3) is 12.0. The molecule has 0 aliphatic carbocycles. The molecule has 3 nitrogen and oxygen atoms in total. The number of aliphatic hydroxyl groups excluding tert-OH is 2. The lowest BCUT2D eigenvalue weighted by Crippen LogP contribution is -2.26. The summed E-state index contributed by atoms with van der Waals surface area (Å²) in [6, 6.07) is 0. The second-order valence-corrected chi connectivity index (χ2v) is 6.95. The average Bonchev–Trinajstić information content (AvgIpc) is 2.36. The molecule has 0 fully saturated rings. The van der Waals surface area contributed by atoms with Crippen molar-refractivity contribution < 1.29 is 15.3 Å². The SMILES string of the molecule is C=CC(C)(O)CC(O)C=C(C)CC(O)C=C(C)CCC=C(C)C. The van der Waals surface area contributed by atoms with Gasteiger partial charge in [-0.1, -0.05) is 41.0 Å². The first-order valence-corrected chi connectivity index (χ1v) is 8.26. The zero-order valence-corrected chi connectivity index (χ0v) is 15.3. The molecule has 0 rings (SSSR count). The van der Waals surface area contributed by atoms with E-state index in [1.54, 1.807) is 13.0 Å². The molecule has 0 aromatic heterocycles. The molecule has 132 valence electrons. The topological polar surface area (TPSA) is 60.7 Å². The molecule has 3 atom stereocenters. The van der Waals surface area contributed by atoms with Crippen molar-refractivity contribution in [2.24, 2.45) is 0 Å². The summed E-state index contributed by atoms with van der Waals surface area (Å²) in [5, 5.41) is 29.9. The summed E-state index contributed by atoms with van der Waals surface area (Å²) in [4.78, 5) is 0. The van der Waals surface area contributed by atoms with Crippen LogP contribution in [-0.2, 0) is 0 Å². The number of hydrogen-bond acceptors (Lipinski definition) is 3. The van der Waals surface area contributed by atoms with Crippen molar-refractivity contribution in [1.29, 1.82) is 0 Å². The Morgan fingerprint density at radius 3 is 2.13 bits per heavy atom. The maximum atomic E-state index is 10.1. The third-order valence-corrected chi connectivity index (χ3v) is 3.64. The predicted molar refractivity (Wildman–Crippen MR) is 98.2 cm³/mol. The Morgan fingerprint density at radius 1 is 1.04 bits per heavy atom. The Hall–Kier alpha value is -1.16. The van der Waals surface area contributed by atoms with Gasteiger partial charge in [0.05, 0.1) is 17.8 Å². The summed E-state index contributed by atoms with van der Waals surface area (Å²) in [5.74, 6) is 0. The number of aliphatic hydroxyl groups is 3. The molecule has 23 heavy (non-hydrogen) atoms. The third-order valence-electron chi connectivity index (χ3n) is 3.64. The van der Waals surface area contributed by atoms with Crippen molar-refractivity contribution in [1.82, 2.24) is 0 Å². The molecule has 0 saturated heterocycles. The van der Waals surface area contributed by atoms with Gasteiger partial charge in [0.25, 0.3) is 0 Å². The van der Waals surface area contributed by atoms with Gasteiger partial charge in [-0.3, -0.25) is 0 Å². The van der Waals surface area contributed by atoms with Crippen LogP contribution in [0.2, 0.25) is 0 Å². The van der Waals surface area contributed by atoms with Crippen molar-refractivity contribution in [3.63, 3.8) is 0 Å². The molecule has 3 N–H and O–H groups in total. The van der Waals surface area contributed by atoms with Gasteiger partial charge < -0.3 is 15.3 Å². The summed E-state index contributed by atoms with van der Waals surface area (Å²) in [7, 11) is 0. The zero-order valence-electron chi connectivity index (χ0n) is 15.3. The van der Waals surface area contributed by atoms with E-state index in [0.717, 1.165) is 24.0 Å². The van der Waals surface area contributed by atoms with E-state index in [9.17, 15) is 15.3 Å². The van der Waals surface area contributed by atoms with Gasteiger partial charge in [-0.2, -0.15) is 0 Å². The van der Waals surface area contributed by atoms with Crippen LogP contribution in [0.15, 0.2) is 47.6 Å². The molecule has 0 heterocycles. The van der Waals surface area contributed by atoms with Crippen LogP contribution in [0.4, 0.5) is 0 Å². The maximum Gasteiger partial charge on any atom is 0.0824 e. The van der Waals surface area contributed by atoms with E-state index in [1.165, 1.54) is 11.6 Å². The number of hydrogen-bond donors (Lipinski definition) is 3. The molecule has 3 heteroatoms. The Morgan fingerprint density at radius 2 is 1.61 bits per heavy atom. The summed E-state index contributed by atoms with van der Waals surface area (Å²) < 4.78 is 0. The van der Waals surface area contributed by atoms with Crippen LogP contribution < -0.4 is 0 Å². The summed E-state index contributed by atoms with van der Waals surface area (Å²) in [6.07, 6.45) is 8.48. The molecule has 0 aliphatic rings. The monoisotopic (exact) mass is 322 g/mol. The van der Waals surface area contributed by atoms with E-state index in [1.807, 2.05) is 19.9 Å². The fourth-order valence-corrected chi connectivity index (χ4v) is 2.35. The van der Waals surface area contributed by atoms with Crippen molar-refractivity contribution in [2.75, 3.05) is 0 Å². The Balaban J connectivity index is 4.47. The molecule has 0 radical (unpaired) electrons. The molecule has 0 aliphatic heterocycles. The van der Waals surface area contributed by atoms with Crippen LogP contribution in [0.5, 0.6) is 0 Å². The molecule has 0 bridgehead atoms. The van der Waals surface area contributed by atoms with Gasteiger partial charge in [0.15, 0.2) is 0 Å². The quantitative estimate of drug-likeness (QED) is 0.531. The van der Waals surface area contributed by atoms with Gasteiger partial charge in [-0.05, 0) is 53.9 Å². The van der Waals surface area contributed by atoms with Gasteiger partial charge in [0.2, 0.25) is 0 Å². The summed E-state index contributed by atoms with van der Waals surface area (Å²) in [5.41, 5.74) is 2.29. The van der Waals surface area contributed by atoms with Crippen molar-refractivity contribution >= 4 is 0 Å². The van der Waals surface area contributed by atoms with Gasteiger partial charge in [-0.25, -0.2) is 0 Å². The minimum absolute atomic E-state index is 0.196. The van der Waals surface area contributed by atoms with Gasteiger partial charge in [0.1, 0.15) is 0 Å². The molecule has 0 aromatic rings. The average molecular weight is 322 g/mol. The first kappa shape index (κ1) is 21.8. The highest BCUT2D eigenvalue weighted by Gasteiger charge is 2.19. The minimum Gasteiger partial charge on any atom is -0.389 e. The summed E-state index contributed by atoms with van der Waals surface area (Å²) in [6.45, 7) is 13.2. The maximum absolute atomic E-state index is 10.1. The molecular weight excluding hydrogens is 288 g/mol. The van der Waals surface area contributed by atoms with Crippen LogP contribution in [0.25, 0.3) is 0 Å². The van der Waals surface area contributed by atoms with E-state index in [-0.39, 0.29) is 6.42 Å². The lowest BCUT2D eigenvalue weighted by atomic mass is 9.96. The van der Waals surface area contributed by atoms with Crippen molar-refractivity contribution in [3.05, 3.63) is 47.6 Å². The zero-order chi connectivity index (χ0) is 18.0. The van der Waals surface area contributed by atoms with Crippen LogP contribution in [0, 0.1) is 0 Å². The highest BCUT2D eigenvalue weighted by molar-refractivity contribution is 5.11. The fourth-order valence-electron chi connectivity index (χ4n) is 2.35. The Kier molecular flexibility index (Phi) is 10.1. The largest absolute Gasteiger partial charge is 0.389 e. The number of allylic oxidation sites excluding steroid dienone is 3. The smallest absolute Gasteiger partial charge is 0.0824 e. The second kappa shape index (κ2) is 10.6. The highest BCUT2D eigenvalue weighted by atomic mass is 16.3. The van der Waals surface area contributed by atoms with E-state index in [2.05, 4.69) is 26.5 Å². The molecule has 0 spiro atoms. The van der Waals surface area contributed by atoms with E-state index in [4.69, 9.17) is 0 Å².